The molecule has 3 heteroatoms. The number of likely N-dealkylation sites (tertiary alicyclic amines) is 1. The fraction of sp³-hybridized carbons (Fsp3) is 1.00. The first kappa shape index (κ1) is 11.9. The van der Waals surface area contributed by atoms with Crippen LogP contribution in [-0.2, 0) is 0 Å². The Labute approximate surface area is 102 Å². The Morgan fingerprint density at radius 2 is 1.93 bits per heavy atom. The highest BCUT2D eigenvalue weighted by atomic mass is 79.9. The average Bonchev–Trinajstić information content (AvgIpc) is 2.65. The van der Waals surface area contributed by atoms with Gasteiger partial charge in [-0.2, -0.15) is 0 Å². The monoisotopic (exact) mass is 274 g/mol. The van der Waals surface area contributed by atoms with Gasteiger partial charge in [-0.3, -0.25) is 0 Å². The van der Waals surface area contributed by atoms with E-state index in [1.54, 1.807) is 0 Å². The largest absolute Gasteiger partial charge is 0.305 e. The van der Waals surface area contributed by atoms with Crippen molar-refractivity contribution in [3.63, 3.8) is 0 Å². The lowest BCUT2D eigenvalue weighted by Crippen LogP contribution is -2.38. The van der Waals surface area contributed by atoms with E-state index < -0.39 is 0 Å². The second-order valence-electron chi connectivity index (χ2n) is 5.25. The first-order valence-electron chi connectivity index (χ1n) is 6.29. The van der Waals surface area contributed by atoms with Gasteiger partial charge in [0.2, 0.25) is 0 Å². The molecule has 0 aromatic rings. The summed E-state index contributed by atoms with van der Waals surface area (Å²) in [4.78, 5) is 5.93. The number of nitrogens with zero attached hydrogens (tertiary/aromatic N) is 2. The van der Waals surface area contributed by atoms with E-state index in [1.807, 2.05) is 0 Å². The smallest absolute Gasteiger partial charge is 0.0152 e. The van der Waals surface area contributed by atoms with Crippen LogP contribution in [0.5, 0.6) is 0 Å². The molecule has 2 rings (SSSR count). The van der Waals surface area contributed by atoms with Crippen molar-refractivity contribution in [1.82, 2.24) is 9.80 Å². The van der Waals surface area contributed by atoms with E-state index in [1.165, 1.54) is 58.4 Å². The zero-order chi connectivity index (χ0) is 10.7. The van der Waals surface area contributed by atoms with Crippen molar-refractivity contribution in [2.75, 3.05) is 39.8 Å². The van der Waals surface area contributed by atoms with E-state index in [0.29, 0.717) is 0 Å². The molecular weight excluding hydrogens is 252 g/mol. The molecule has 1 saturated heterocycles. The molecule has 0 atom stereocenters. The maximum Gasteiger partial charge on any atom is 0.0152 e. The van der Waals surface area contributed by atoms with Gasteiger partial charge in [0.05, 0.1) is 0 Å². The van der Waals surface area contributed by atoms with Crippen molar-refractivity contribution in [1.29, 1.82) is 0 Å². The van der Waals surface area contributed by atoms with Crippen LogP contribution in [0.25, 0.3) is 0 Å². The molecule has 0 radical (unpaired) electrons. The third kappa shape index (κ3) is 3.72. The number of likely N-dealkylation sites (N-methyl/N-ethyl adjacent to an activating group) is 1. The standard InChI is InChI=1S/C12H23BrN2/c1-14(10-11-8-12(13)9-11)6-7-15-4-2-3-5-15/h11-12H,2-10H2,1H3. The third-order valence-corrected chi connectivity index (χ3v) is 4.49. The summed E-state index contributed by atoms with van der Waals surface area (Å²) >= 11 is 3.66. The maximum atomic E-state index is 3.66. The lowest BCUT2D eigenvalue weighted by Gasteiger charge is -2.34. The van der Waals surface area contributed by atoms with Crippen LogP contribution in [-0.4, -0.2) is 54.4 Å². The van der Waals surface area contributed by atoms with Crippen molar-refractivity contribution in [3.05, 3.63) is 0 Å². The van der Waals surface area contributed by atoms with E-state index in [4.69, 9.17) is 0 Å². The van der Waals surface area contributed by atoms with Crippen LogP contribution in [0.2, 0.25) is 0 Å². The second kappa shape index (κ2) is 5.65. The average molecular weight is 275 g/mol. The highest BCUT2D eigenvalue weighted by molar-refractivity contribution is 9.09. The predicted octanol–water partition coefficient (Wildman–Crippen LogP) is 2.19. The Bertz CT molecular complexity index is 186. The molecule has 1 saturated carbocycles. The summed E-state index contributed by atoms with van der Waals surface area (Å²) in [5.41, 5.74) is 0. The molecule has 0 unspecified atom stereocenters. The summed E-state index contributed by atoms with van der Waals surface area (Å²) in [6.45, 7) is 6.50. The van der Waals surface area contributed by atoms with Crippen molar-refractivity contribution in [2.24, 2.45) is 5.92 Å². The van der Waals surface area contributed by atoms with E-state index in [2.05, 4.69) is 32.8 Å². The van der Waals surface area contributed by atoms with Gasteiger partial charge in [0, 0.05) is 24.5 Å². The highest BCUT2D eigenvalue weighted by Crippen LogP contribution is 2.33. The predicted molar refractivity (Wildman–Crippen MR) is 68.6 cm³/mol. The minimum absolute atomic E-state index is 0.814. The lowest BCUT2D eigenvalue weighted by molar-refractivity contribution is 0.192. The van der Waals surface area contributed by atoms with Gasteiger partial charge in [-0.25, -0.2) is 0 Å². The molecule has 0 aromatic heterocycles. The molecule has 1 heterocycles. The van der Waals surface area contributed by atoms with Gasteiger partial charge in [0.1, 0.15) is 0 Å². The summed E-state index contributed by atoms with van der Waals surface area (Å²) in [6.07, 6.45) is 5.59. The SMILES string of the molecule is CN(CCN1CCCC1)CC1CC(Br)C1. The maximum absolute atomic E-state index is 3.66. The van der Waals surface area contributed by atoms with Crippen molar-refractivity contribution in [2.45, 2.75) is 30.5 Å². The van der Waals surface area contributed by atoms with Crippen LogP contribution < -0.4 is 0 Å². The van der Waals surface area contributed by atoms with Gasteiger partial charge in [-0.15, -0.1) is 0 Å². The quantitative estimate of drug-likeness (QED) is 0.710. The summed E-state index contributed by atoms with van der Waals surface area (Å²) in [5, 5.41) is 0. The normalized spacial score (nSPS) is 32.2. The van der Waals surface area contributed by atoms with Gasteiger partial charge in [-0.05, 0) is 51.7 Å². The van der Waals surface area contributed by atoms with E-state index in [-0.39, 0.29) is 0 Å². The van der Waals surface area contributed by atoms with Crippen molar-refractivity contribution < 1.29 is 0 Å². The minimum Gasteiger partial charge on any atom is -0.305 e. The molecule has 2 aliphatic rings. The van der Waals surface area contributed by atoms with Crippen LogP contribution in [0, 0.1) is 5.92 Å². The Balaban J connectivity index is 1.54. The van der Waals surface area contributed by atoms with Gasteiger partial charge >= 0.3 is 0 Å². The van der Waals surface area contributed by atoms with Gasteiger partial charge in [0.25, 0.3) is 0 Å². The van der Waals surface area contributed by atoms with E-state index in [0.717, 1.165) is 10.7 Å². The van der Waals surface area contributed by atoms with Gasteiger partial charge < -0.3 is 9.80 Å². The fourth-order valence-corrected chi connectivity index (χ4v) is 3.71. The van der Waals surface area contributed by atoms with Crippen LogP contribution in [0.4, 0.5) is 0 Å². The molecule has 15 heavy (non-hydrogen) atoms. The third-order valence-electron chi connectivity index (χ3n) is 3.74. The number of hydrogen-bond acceptors (Lipinski definition) is 2. The number of halogens is 1. The second-order valence-corrected chi connectivity index (χ2v) is 6.54. The number of alkyl halides is 1. The molecule has 0 aromatic carbocycles. The fourth-order valence-electron chi connectivity index (χ4n) is 2.65. The molecular formula is C12H23BrN2. The first-order valence-corrected chi connectivity index (χ1v) is 7.20. The van der Waals surface area contributed by atoms with Crippen LogP contribution >= 0.6 is 15.9 Å². The zero-order valence-corrected chi connectivity index (χ0v) is 11.4. The summed E-state index contributed by atoms with van der Waals surface area (Å²) < 4.78 is 0. The zero-order valence-electron chi connectivity index (χ0n) is 9.79. The minimum atomic E-state index is 0.814. The molecule has 1 aliphatic heterocycles. The Hall–Kier alpha value is 0.400. The van der Waals surface area contributed by atoms with Crippen LogP contribution in [0.1, 0.15) is 25.7 Å². The highest BCUT2D eigenvalue weighted by Gasteiger charge is 2.27. The van der Waals surface area contributed by atoms with Crippen molar-refractivity contribution in [3.8, 4) is 0 Å². The number of rotatable bonds is 5. The van der Waals surface area contributed by atoms with E-state index >= 15 is 0 Å². The van der Waals surface area contributed by atoms with Gasteiger partial charge in [0.15, 0.2) is 0 Å². The summed E-state index contributed by atoms with van der Waals surface area (Å²) in [5.74, 6) is 0.956. The molecule has 2 fully saturated rings. The summed E-state index contributed by atoms with van der Waals surface area (Å²) in [7, 11) is 2.28. The molecule has 0 spiro atoms. The first-order chi connectivity index (χ1) is 7.24. The Kier molecular flexibility index (Phi) is 4.47. The van der Waals surface area contributed by atoms with Crippen LogP contribution in [0.3, 0.4) is 0 Å². The van der Waals surface area contributed by atoms with Crippen LogP contribution in [0.15, 0.2) is 0 Å². The lowest BCUT2D eigenvalue weighted by atomic mass is 9.85. The Morgan fingerprint density at radius 1 is 1.27 bits per heavy atom. The summed E-state index contributed by atoms with van der Waals surface area (Å²) in [6, 6.07) is 0. The topological polar surface area (TPSA) is 6.48 Å². The van der Waals surface area contributed by atoms with Gasteiger partial charge in [-0.1, -0.05) is 15.9 Å². The molecule has 88 valence electrons. The van der Waals surface area contributed by atoms with Crippen molar-refractivity contribution >= 4 is 15.9 Å². The molecule has 0 bridgehead atoms. The molecule has 0 N–H and O–H groups in total. The molecule has 2 nitrogen and oxygen atoms in total. The molecule has 0 amide bonds. The number of hydrogen-bond donors (Lipinski definition) is 0. The molecule has 1 aliphatic carbocycles. The van der Waals surface area contributed by atoms with E-state index in [9.17, 15) is 0 Å². The Morgan fingerprint density at radius 3 is 2.53 bits per heavy atom.